The largest absolute Gasteiger partial charge is 0.383 e. The fourth-order valence-electron chi connectivity index (χ4n) is 3.13. The van der Waals surface area contributed by atoms with Crippen LogP contribution in [0.3, 0.4) is 0 Å². The van der Waals surface area contributed by atoms with Gasteiger partial charge in [-0.15, -0.1) is 0 Å². The number of likely N-dealkylation sites (N-methyl/N-ethyl adjacent to an activating group) is 1. The molecule has 0 atom stereocenters. The van der Waals surface area contributed by atoms with Gasteiger partial charge < -0.3 is 15.5 Å². The van der Waals surface area contributed by atoms with Crippen molar-refractivity contribution in [1.29, 1.82) is 0 Å². The van der Waals surface area contributed by atoms with Gasteiger partial charge in [0.2, 0.25) is 5.95 Å². The third-order valence-corrected chi connectivity index (χ3v) is 4.70. The summed E-state index contributed by atoms with van der Waals surface area (Å²) in [6.45, 7) is 3.28. The van der Waals surface area contributed by atoms with Crippen molar-refractivity contribution in [1.82, 2.24) is 24.6 Å². The van der Waals surface area contributed by atoms with E-state index in [1.807, 2.05) is 4.90 Å². The number of aromatic nitrogens is 4. The molecule has 7 nitrogen and oxygen atoms in total. The van der Waals surface area contributed by atoms with Gasteiger partial charge in [0, 0.05) is 44.9 Å². The molecule has 136 valence electrons. The molecule has 1 aliphatic heterocycles. The fourth-order valence-corrected chi connectivity index (χ4v) is 3.13. The van der Waals surface area contributed by atoms with E-state index < -0.39 is 11.6 Å². The molecule has 0 unspecified atom stereocenters. The molecular weight excluding hydrogens is 340 g/mol. The minimum Gasteiger partial charge on any atom is -0.383 e. The van der Waals surface area contributed by atoms with Crippen LogP contribution in [0.1, 0.15) is 0 Å². The monoisotopic (exact) mass is 359 g/mol. The molecule has 3 heterocycles. The normalized spacial score (nSPS) is 15.8. The Morgan fingerprint density at radius 2 is 1.77 bits per heavy atom. The highest BCUT2D eigenvalue weighted by atomic mass is 19.1. The van der Waals surface area contributed by atoms with Crippen molar-refractivity contribution in [2.24, 2.45) is 7.05 Å². The molecule has 1 aliphatic rings. The second-order valence-corrected chi connectivity index (χ2v) is 6.49. The summed E-state index contributed by atoms with van der Waals surface area (Å²) in [7, 11) is 3.75. The summed E-state index contributed by atoms with van der Waals surface area (Å²) in [4.78, 5) is 13.4. The lowest BCUT2D eigenvalue weighted by atomic mass is 10.1. The van der Waals surface area contributed by atoms with E-state index in [9.17, 15) is 8.78 Å². The number of fused-ring (bicyclic) bond motifs is 1. The minimum absolute atomic E-state index is 0.175. The van der Waals surface area contributed by atoms with E-state index in [1.54, 1.807) is 7.05 Å². The first-order valence-corrected chi connectivity index (χ1v) is 8.33. The maximum atomic E-state index is 14.4. The van der Waals surface area contributed by atoms with Crippen LogP contribution >= 0.6 is 0 Å². The standard InChI is InChI=1S/C17H19F2N7/c1-24-5-7-26(8-6-24)17-21-14(11-4-3-10(18)9-12(11)19)13-15(20)25(2)23-16(13)22-17/h3-4,9H,5-8,20H2,1-2H3. The molecule has 26 heavy (non-hydrogen) atoms. The maximum absolute atomic E-state index is 14.4. The number of anilines is 2. The molecule has 2 N–H and O–H groups in total. The van der Waals surface area contributed by atoms with Crippen molar-refractivity contribution in [3.63, 3.8) is 0 Å². The van der Waals surface area contributed by atoms with Gasteiger partial charge in [0.25, 0.3) is 0 Å². The van der Waals surface area contributed by atoms with E-state index >= 15 is 0 Å². The third kappa shape index (κ3) is 2.74. The van der Waals surface area contributed by atoms with Crippen molar-refractivity contribution in [3.05, 3.63) is 29.8 Å². The third-order valence-electron chi connectivity index (χ3n) is 4.70. The van der Waals surface area contributed by atoms with E-state index in [4.69, 9.17) is 5.73 Å². The molecule has 9 heteroatoms. The van der Waals surface area contributed by atoms with Crippen LogP contribution in [0.4, 0.5) is 20.5 Å². The Bertz CT molecular complexity index is 977. The lowest BCUT2D eigenvalue weighted by Crippen LogP contribution is -2.45. The molecule has 3 aromatic rings. The molecule has 0 bridgehead atoms. The minimum atomic E-state index is -0.697. The highest BCUT2D eigenvalue weighted by Gasteiger charge is 2.23. The number of piperazine rings is 1. The van der Waals surface area contributed by atoms with Gasteiger partial charge >= 0.3 is 0 Å². The molecule has 0 aliphatic carbocycles. The van der Waals surface area contributed by atoms with Crippen molar-refractivity contribution in [3.8, 4) is 11.3 Å². The predicted octanol–water partition coefficient (Wildman–Crippen LogP) is 1.64. The summed E-state index contributed by atoms with van der Waals surface area (Å²) in [5.41, 5.74) is 7.00. The molecule has 2 aromatic heterocycles. The summed E-state index contributed by atoms with van der Waals surface area (Å²) < 4.78 is 29.3. The first kappa shape index (κ1) is 16.6. The van der Waals surface area contributed by atoms with Gasteiger partial charge in [0.15, 0.2) is 5.65 Å². The van der Waals surface area contributed by atoms with E-state index in [1.165, 1.54) is 16.8 Å². The molecule has 1 aromatic carbocycles. The Balaban J connectivity index is 1.91. The van der Waals surface area contributed by atoms with Crippen LogP contribution in [0.2, 0.25) is 0 Å². The topological polar surface area (TPSA) is 76.1 Å². The number of halogens is 2. The van der Waals surface area contributed by atoms with Crippen LogP contribution in [0.5, 0.6) is 0 Å². The Kier molecular flexibility index (Phi) is 3.95. The maximum Gasteiger partial charge on any atom is 0.228 e. The summed E-state index contributed by atoms with van der Waals surface area (Å²) in [5, 5.41) is 4.79. The summed E-state index contributed by atoms with van der Waals surface area (Å²) in [6.07, 6.45) is 0. The summed E-state index contributed by atoms with van der Waals surface area (Å²) in [6, 6.07) is 3.41. The van der Waals surface area contributed by atoms with Crippen molar-refractivity contribution in [2.45, 2.75) is 0 Å². The molecule has 4 rings (SSSR count). The van der Waals surface area contributed by atoms with Crippen molar-refractivity contribution >= 4 is 22.8 Å². The van der Waals surface area contributed by atoms with Crippen LogP contribution < -0.4 is 10.6 Å². The second-order valence-electron chi connectivity index (χ2n) is 6.49. The number of benzene rings is 1. The van der Waals surface area contributed by atoms with E-state index in [-0.39, 0.29) is 5.56 Å². The van der Waals surface area contributed by atoms with Crippen LogP contribution in [0.25, 0.3) is 22.3 Å². The average molecular weight is 359 g/mol. The number of rotatable bonds is 2. The zero-order valence-electron chi connectivity index (χ0n) is 14.6. The summed E-state index contributed by atoms with van der Waals surface area (Å²) in [5.74, 6) is -0.529. The number of hydrogen-bond acceptors (Lipinski definition) is 6. The highest BCUT2D eigenvalue weighted by molar-refractivity contribution is 5.99. The number of nitrogen functional groups attached to an aromatic ring is 1. The zero-order chi connectivity index (χ0) is 18.4. The molecule has 1 fully saturated rings. The molecule has 0 radical (unpaired) electrons. The van der Waals surface area contributed by atoms with Gasteiger partial charge in [-0.05, 0) is 19.2 Å². The number of nitrogens with two attached hydrogens (primary N) is 1. The number of hydrogen-bond donors (Lipinski definition) is 1. The van der Waals surface area contributed by atoms with E-state index in [0.717, 1.165) is 32.2 Å². The zero-order valence-corrected chi connectivity index (χ0v) is 14.6. The Labute approximate surface area is 149 Å². The molecule has 0 saturated carbocycles. The lowest BCUT2D eigenvalue weighted by molar-refractivity contribution is 0.311. The SMILES string of the molecule is CN1CCN(c2nc(-c3ccc(F)cc3F)c3c(N)n(C)nc3n2)CC1. The average Bonchev–Trinajstić information content (AvgIpc) is 2.89. The molecular formula is C17H19F2N7. The quantitative estimate of drug-likeness (QED) is 0.750. The van der Waals surface area contributed by atoms with Crippen molar-refractivity contribution in [2.75, 3.05) is 43.9 Å². The Morgan fingerprint density at radius 1 is 1.04 bits per heavy atom. The van der Waals surface area contributed by atoms with Crippen LogP contribution in [0, 0.1) is 11.6 Å². The fraction of sp³-hybridized carbons (Fsp3) is 0.353. The summed E-state index contributed by atoms with van der Waals surface area (Å²) >= 11 is 0. The van der Waals surface area contributed by atoms with E-state index in [2.05, 4.69) is 27.0 Å². The molecule has 0 spiro atoms. The Morgan fingerprint density at radius 3 is 2.46 bits per heavy atom. The van der Waals surface area contributed by atoms with Gasteiger partial charge in [-0.25, -0.2) is 13.8 Å². The van der Waals surface area contributed by atoms with Gasteiger partial charge in [-0.3, -0.25) is 4.68 Å². The van der Waals surface area contributed by atoms with Gasteiger partial charge in [-0.1, -0.05) is 0 Å². The van der Waals surface area contributed by atoms with E-state index in [0.29, 0.717) is 28.5 Å². The van der Waals surface area contributed by atoms with Gasteiger partial charge in [-0.2, -0.15) is 10.1 Å². The lowest BCUT2D eigenvalue weighted by Gasteiger charge is -2.32. The first-order chi connectivity index (χ1) is 12.4. The van der Waals surface area contributed by atoms with Crippen LogP contribution in [0.15, 0.2) is 18.2 Å². The van der Waals surface area contributed by atoms with Crippen molar-refractivity contribution < 1.29 is 8.78 Å². The highest BCUT2D eigenvalue weighted by Crippen LogP contribution is 2.33. The first-order valence-electron chi connectivity index (χ1n) is 8.33. The van der Waals surface area contributed by atoms with Crippen LogP contribution in [-0.2, 0) is 7.05 Å². The Hall–Kier alpha value is -2.81. The van der Waals surface area contributed by atoms with Crippen LogP contribution in [-0.4, -0.2) is 57.9 Å². The number of nitrogens with zero attached hydrogens (tertiary/aromatic N) is 6. The van der Waals surface area contributed by atoms with Gasteiger partial charge in [0.05, 0.1) is 11.1 Å². The smallest absolute Gasteiger partial charge is 0.228 e. The second kappa shape index (κ2) is 6.17. The molecule has 0 amide bonds. The molecule has 1 saturated heterocycles. The number of aryl methyl sites for hydroxylation is 1. The van der Waals surface area contributed by atoms with Gasteiger partial charge in [0.1, 0.15) is 17.5 Å². The predicted molar refractivity (Wildman–Crippen MR) is 95.8 cm³/mol.